The maximum absolute atomic E-state index is 12.4. The Morgan fingerprint density at radius 3 is 2.60 bits per heavy atom. The highest BCUT2D eigenvalue weighted by molar-refractivity contribution is 9.11. The maximum atomic E-state index is 12.4. The van der Waals surface area contributed by atoms with Gasteiger partial charge in [-0.25, -0.2) is 13.4 Å². The van der Waals surface area contributed by atoms with E-state index in [0.717, 1.165) is 0 Å². The van der Waals surface area contributed by atoms with E-state index in [1.807, 2.05) is 0 Å². The minimum atomic E-state index is -3.73. The van der Waals surface area contributed by atoms with Crippen LogP contribution >= 0.6 is 31.9 Å². The monoisotopic (exact) mass is 419 g/mol. The van der Waals surface area contributed by atoms with Crippen LogP contribution in [0.15, 0.2) is 44.3 Å². The lowest BCUT2D eigenvalue weighted by atomic mass is 10.3. The second-order valence-corrected chi connectivity index (χ2v) is 7.54. The molecule has 0 bridgehead atoms. The van der Waals surface area contributed by atoms with E-state index in [9.17, 15) is 8.42 Å². The number of hydrogen-bond acceptors (Lipinski definition) is 4. The van der Waals surface area contributed by atoms with Gasteiger partial charge >= 0.3 is 0 Å². The van der Waals surface area contributed by atoms with Crippen LogP contribution in [-0.4, -0.2) is 13.4 Å². The molecule has 20 heavy (non-hydrogen) atoms. The topological polar surface area (TPSA) is 85.1 Å². The zero-order valence-electron chi connectivity index (χ0n) is 10.4. The molecule has 0 saturated carbocycles. The van der Waals surface area contributed by atoms with Crippen molar-refractivity contribution in [1.29, 1.82) is 0 Å². The van der Waals surface area contributed by atoms with Gasteiger partial charge in [-0.3, -0.25) is 4.72 Å². The van der Waals surface area contributed by atoms with Crippen molar-refractivity contribution in [3.63, 3.8) is 0 Å². The van der Waals surface area contributed by atoms with Crippen LogP contribution < -0.4 is 10.5 Å². The van der Waals surface area contributed by atoms with Crippen LogP contribution in [0.2, 0.25) is 0 Å². The van der Waals surface area contributed by atoms with E-state index in [1.54, 1.807) is 25.1 Å². The van der Waals surface area contributed by atoms with E-state index in [1.165, 1.54) is 12.3 Å². The van der Waals surface area contributed by atoms with E-state index in [-0.39, 0.29) is 10.7 Å². The average molecular weight is 421 g/mol. The quantitative estimate of drug-likeness (QED) is 0.797. The van der Waals surface area contributed by atoms with Crippen molar-refractivity contribution in [3.05, 3.63) is 45.0 Å². The standard InChI is InChI=1S/C12H11Br2N3O2S/c1-7-4-9(15)6-16-12(7)17-20(18,19)11-5-8(13)2-3-10(11)14/h2-6H,15H2,1H3,(H,16,17). The molecular weight excluding hydrogens is 410 g/mol. The summed E-state index contributed by atoms with van der Waals surface area (Å²) in [5.74, 6) is 0.256. The first-order chi connectivity index (χ1) is 9.29. The number of nitrogen functional groups attached to an aromatic ring is 1. The Bertz CT molecular complexity index is 763. The minimum absolute atomic E-state index is 0.130. The fourth-order valence-corrected chi connectivity index (χ4v) is 4.15. The van der Waals surface area contributed by atoms with E-state index in [4.69, 9.17) is 5.73 Å². The van der Waals surface area contributed by atoms with Crippen LogP contribution in [0.4, 0.5) is 11.5 Å². The highest BCUT2D eigenvalue weighted by Gasteiger charge is 2.19. The molecule has 0 fully saturated rings. The Hall–Kier alpha value is -1.12. The van der Waals surface area contributed by atoms with Crippen molar-refractivity contribution in [2.75, 3.05) is 10.5 Å². The number of benzene rings is 1. The van der Waals surface area contributed by atoms with Gasteiger partial charge in [-0.2, -0.15) is 0 Å². The summed E-state index contributed by atoms with van der Waals surface area (Å²) in [5.41, 5.74) is 6.73. The lowest BCUT2D eigenvalue weighted by Gasteiger charge is -2.11. The number of halogens is 2. The van der Waals surface area contributed by atoms with Gasteiger partial charge in [-0.1, -0.05) is 15.9 Å². The molecule has 1 aromatic carbocycles. The molecule has 0 amide bonds. The first-order valence-electron chi connectivity index (χ1n) is 5.49. The van der Waals surface area contributed by atoms with Crippen molar-refractivity contribution >= 4 is 53.4 Å². The maximum Gasteiger partial charge on any atom is 0.264 e. The Balaban J connectivity index is 2.43. The molecule has 2 rings (SSSR count). The molecule has 1 aromatic heterocycles. The fourth-order valence-electron chi connectivity index (χ4n) is 1.57. The summed E-state index contributed by atoms with van der Waals surface area (Å²) in [4.78, 5) is 4.13. The van der Waals surface area contributed by atoms with Gasteiger partial charge in [0.1, 0.15) is 10.7 Å². The largest absolute Gasteiger partial charge is 0.397 e. The van der Waals surface area contributed by atoms with Crippen LogP contribution in [0.3, 0.4) is 0 Å². The van der Waals surface area contributed by atoms with Crippen molar-refractivity contribution in [3.8, 4) is 0 Å². The molecule has 0 aliphatic rings. The van der Waals surface area contributed by atoms with Crippen LogP contribution in [0.5, 0.6) is 0 Å². The summed E-state index contributed by atoms with van der Waals surface area (Å²) in [5, 5.41) is 0. The number of rotatable bonds is 3. The molecule has 8 heteroatoms. The number of aromatic nitrogens is 1. The van der Waals surface area contributed by atoms with Crippen LogP contribution in [0.25, 0.3) is 0 Å². The van der Waals surface area contributed by atoms with Crippen molar-refractivity contribution in [2.45, 2.75) is 11.8 Å². The molecule has 0 aliphatic carbocycles. The predicted molar refractivity (Wildman–Crippen MR) is 86.0 cm³/mol. The van der Waals surface area contributed by atoms with Crippen molar-refractivity contribution < 1.29 is 8.42 Å². The van der Waals surface area contributed by atoms with Gasteiger partial charge in [0.15, 0.2) is 0 Å². The SMILES string of the molecule is Cc1cc(N)cnc1NS(=O)(=O)c1cc(Br)ccc1Br. The molecule has 0 unspecified atom stereocenters. The third-order valence-corrected chi connectivity index (χ3v) is 5.34. The summed E-state index contributed by atoms with van der Waals surface area (Å²) < 4.78 is 28.4. The van der Waals surface area contributed by atoms with Crippen LogP contribution in [-0.2, 0) is 10.0 Å². The van der Waals surface area contributed by atoms with Gasteiger partial charge in [0, 0.05) is 8.95 Å². The van der Waals surface area contributed by atoms with Gasteiger partial charge in [-0.15, -0.1) is 0 Å². The smallest absolute Gasteiger partial charge is 0.264 e. The van der Waals surface area contributed by atoms with Gasteiger partial charge in [-0.05, 0) is 52.7 Å². The van der Waals surface area contributed by atoms with E-state index in [2.05, 4.69) is 41.6 Å². The number of sulfonamides is 1. The van der Waals surface area contributed by atoms with Crippen LogP contribution in [0, 0.1) is 6.92 Å². The van der Waals surface area contributed by atoms with Gasteiger partial charge in [0.2, 0.25) is 0 Å². The lowest BCUT2D eigenvalue weighted by molar-refractivity contribution is 0.600. The predicted octanol–water partition coefficient (Wildman–Crippen LogP) is 3.30. The number of nitrogens with two attached hydrogens (primary N) is 1. The average Bonchev–Trinajstić information content (AvgIpc) is 2.35. The first-order valence-corrected chi connectivity index (χ1v) is 8.56. The summed E-state index contributed by atoms with van der Waals surface area (Å²) >= 11 is 6.48. The second kappa shape index (κ2) is 5.71. The molecule has 0 aliphatic heterocycles. The van der Waals surface area contributed by atoms with E-state index >= 15 is 0 Å². The molecular formula is C12H11Br2N3O2S. The van der Waals surface area contributed by atoms with E-state index < -0.39 is 10.0 Å². The number of hydrogen-bond donors (Lipinski definition) is 2. The first kappa shape index (κ1) is 15.3. The Kier molecular flexibility index (Phi) is 4.36. The number of pyridine rings is 1. The molecule has 0 spiro atoms. The number of aryl methyl sites for hydroxylation is 1. The van der Waals surface area contributed by atoms with Crippen LogP contribution in [0.1, 0.15) is 5.56 Å². The highest BCUT2D eigenvalue weighted by Crippen LogP contribution is 2.27. The second-order valence-electron chi connectivity index (χ2n) is 4.11. The fraction of sp³-hybridized carbons (Fsp3) is 0.0833. The number of nitrogens with one attached hydrogen (secondary N) is 1. The summed E-state index contributed by atoms with van der Waals surface area (Å²) in [6.45, 7) is 1.73. The zero-order valence-corrected chi connectivity index (χ0v) is 14.4. The summed E-state index contributed by atoms with van der Waals surface area (Å²) in [6, 6.07) is 6.57. The number of anilines is 2. The zero-order chi connectivity index (χ0) is 14.9. The van der Waals surface area contributed by atoms with Gasteiger partial charge < -0.3 is 5.73 Å². The third kappa shape index (κ3) is 3.31. The molecule has 0 saturated heterocycles. The van der Waals surface area contributed by atoms with Crippen molar-refractivity contribution in [2.24, 2.45) is 0 Å². The molecule has 106 valence electrons. The molecule has 3 N–H and O–H groups in total. The summed E-state index contributed by atoms with van der Waals surface area (Å²) in [7, 11) is -3.73. The third-order valence-electron chi connectivity index (χ3n) is 2.51. The molecule has 1 heterocycles. The Labute approximate surface area is 133 Å². The lowest BCUT2D eigenvalue weighted by Crippen LogP contribution is -2.15. The Morgan fingerprint density at radius 2 is 1.95 bits per heavy atom. The van der Waals surface area contributed by atoms with E-state index in [0.29, 0.717) is 20.2 Å². The minimum Gasteiger partial charge on any atom is -0.397 e. The number of nitrogens with zero attached hydrogens (tertiary/aromatic N) is 1. The molecule has 0 radical (unpaired) electrons. The van der Waals surface area contributed by atoms with Gasteiger partial charge in [0.05, 0.1) is 11.9 Å². The summed E-state index contributed by atoms with van der Waals surface area (Å²) in [6.07, 6.45) is 1.40. The molecule has 2 aromatic rings. The normalized spacial score (nSPS) is 11.3. The molecule has 0 atom stereocenters. The molecule has 5 nitrogen and oxygen atoms in total. The van der Waals surface area contributed by atoms with Crippen molar-refractivity contribution in [1.82, 2.24) is 4.98 Å². The van der Waals surface area contributed by atoms with Gasteiger partial charge in [0.25, 0.3) is 10.0 Å². The highest BCUT2D eigenvalue weighted by atomic mass is 79.9. The Morgan fingerprint density at radius 1 is 1.25 bits per heavy atom.